The third-order valence-electron chi connectivity index (χ3n) is 2.15. The standard InChI is InChI=1S/C9H12O3/c10-8(11)4-3-7-9(12)5-1-2-6-9/h12H,1-2,5-7H2,(H,10,11). The van der Waals surface area contributed by atoms with Crippen LogP contribution in [-0.2, 0) is 4.79 Å². The lowest BCUT2D eigenvalue weighted by atomic mass is 9.99. The maximum Gasteiger partial charge on any atom is 0.381 e. The zero-order valence-corrected chi connectivity index (χ0v) is 6.84. The molecule has 3 nitrogen and oxygen atoms in total. The number of rotatable bonds is 1. The molecule has 0 radical (unpaired) electrons. The molecule has 0 atom stereocenters. The number of carbonyl (C=O) groups is 1. The lowest BCUT2D eigenvalue weighted by Crippen LogP contribution is -2.22. The van der Waals surface area contributed by atoms with E-state index in [9.17, 15) is 9.90 Å². The van der Waals surface area contributed by atoms with Gasteiger partial charge in [0.05, 0.1) is 5.60 Å². The van der Waals surface area contributed by atoms with Crippen molar-refractivity contribution >= 4 is 5.97 Å². The topological polar surface area (TPSA) is 57.5 Å². The molecular formula is C9H12O3. The molecule has 66 valence electrons. The van der Waals surface area contributed by atoms with Crippen LogP contribution in [-0.4, -0.2) is 21.8 Å². The van der Waals surface area contributed by atoms with Gasteiger partial charge in [0.1, 0.15) is 0 Å². The van der Waals surface area contributed by atoms with Crippen LogP contribution in [0, 0.1) is 11.8 Å². The molecule has 0 spiro atoms. The average Bonchev–Trinajstić information content (AvgIpc) is 2.35. The van der Waals surface area contributed by atoms with Crippen molar-refractivity contribution in [3.63, 3.8) is 0 Å². The van der Waals surface area contributed by atoms with Crippen LogP contribution in [0.4, 0.5) is 0 Å². The molecule has 0 bridgehead atoms. The quantitative estimate of drug-likeness (QED) is 0.568. The number of aliphatic carboxylic acids is 1. The highest BCUT2D eigenvalue weighted by atomic mass is 16.4. The van der Waals surface area contributed by atoms with Gasteiger partial charge < -0.3 is 10.2 Å². The molecule has 3 heteroatoms. The highest BCUT2D eigenvalue weighted by molar-refractivity contribution is 5.86. The van der Waals surface area contributed by atoms with Crippen LogP contribution in [0.3, 0.4) is 0 Å². The fourth-order valence-electron chi connectivity index (χ4n) is 1.49. The molecule has 1 aliphatic carbocycles. The maximum atomic E-state index is 10.0. The largest absolute Gasteiger partial charge is 0.472 e. The van der Waals surface area contributed by atoms with E-state index in [-0.39, 0.29) is 0 Å². The lowest BCUT2D eigenvalue weighted by molar-refractivity contribution is -0.130. The summed E-state index contributed by atoms with van der Waals surface area (Å²) < 4.78 is 0. The molecule has 2 N–H and O–H groups in total. The number of carboxylic acid groups (broad SMARTS) is 1. The Kier molecular flexibility index (Phi) is 2.72. The first-order valence-corrected chi connectivity index (χ1v) is 4.07. The van der Waals surface area contributed by atoms with Crippen LogP contribution in [0.2, 0.25) is 0 Å². The Hall–Kier alpha value is -1.01. The van der Waals surface area contributed by atoms with Crippen LogP contribution < -0.4 is 0 Å². The summed E-state index contributed by atoms with van der Waals surface area (Å²) in [5.74, 6) is 3.34. The van der Waals surface area contributed by atoms with Gasteiger partial charge in [-0.2, -0.15) is 0 Å². The van der Waals surface area contributed by atoms with Crippen LogP contribution >= 0.6 is 0 Å². The summed E-state index contributed by atoms with van der Waals surface area (Å²) in [5, 5.41) is 17.9. The summed E-state index contributed by atoms with van der Waals surface area (Å²) in [4.78, 5) is 10.0. The molecule has 0 aromatic heterocycles. The van der Waals surface area contributed by atoms with Crippen molar-refractivity contribution in [3.8, 4) is 11.8 Å². The van der Waals surface area contributed by atoms with Crippen molar-refractivity contribution in [2.75, 3.05) is 0 Å². The zero-order valence-electron chi connectivity index (χ0n) is 6.84. The Morgan fingerprint density at radius 1 is 1.42 bits per heavy atom. The van der Waals surface area contributed by atoms with Gasteiger partial charge >= 0.3 is 5.97 Å². The van der Waals surface area contributed by atoms with E-state index in [0.29, 0.717) is 6.42 Å². The molecule has 0 aliphatic heterocycles. The number of carboxylic acids is 1. The van der Waals surface area contributed by atoms with Gasteiger partial charge in [0.2, 0.25) is 0 Å². The first-order valence-electron chi connectivity index (χ1n) is 4.07. The minimum absolute atomic E-state index is 0.291. The van der Waals surface area contributed by atoms with E-state index >= 15 is 0 Å². The van der Waals surface area contributed by atoms with Gasteiger partial charge in [-0.1, -0.05) is 18.8 Å². The fourth-order valence-corrected chi connectivity index (χ4v) is 1.49. The highest BCUT2D eigenvalue weighted by Crippen LogP contribution is 2.31. The Balaban J connectivity index is 2.41. The predicted molar refractivity (Wildman–Crippen MR) is 43.4 cm³/mol. The third-order valence-corrected chi connectivity index (χ3v) is 2.15. The normalized spacial score (nSPS) is 19.8. The molecule has 1 saturated carbocycles. The summed E-state index contributed by atoms with van der Waals surface area (Å²) in [6, 6.07) is 0. The van der Waals surface area contributed by atoms with E-state index in [2.05, 4.69) is 5.92 Å². The van der Waals surface area contributed by atoms with Gasteiger partial charge in [0.15, 0.2) is 0 Å². The van der Waals surface area contributed by atoms with Crippen molar-refractivity contribution in [2.45, 2.75) is 37.7 Å². The Morgan fingerprint density at radius 3 is 2.50 bits per heavy atom. The number of hydrogen-bond donors (Lipinski definition) is 2. The first kappa shape index (κ1) is 9.08. The summed E-state index contributed by atoms with van der Waals surface area (Å²) >= 11 is 0. The second kappa shape index (κ2) is 3.59. The van der Waals surface area contributed by atoms with Crippen molar-refractivity contribution in [1.29, 1.82) is 0 Å². The highest BCUT2D eigenvalue weighted by Gasteiger charge is 2.29. The monoisotopic (exact) mass is 168 g/mol. The van der Waals surface area contributed by atoms with E-state index in [1.54, 1.807) is 0 Å². The van der Waals surface area contributed by atoms with E-state index in [4.69, 9.17) is 5.11 Å². The zero-order chi connectivity index (χ0) is 9.03. The lowest BCUT2D eigenvalue weighted by Gasteiger charge is -2.17. The molecule has 1 aliphatic rings. The summed E-state index contributed by atoms with van der Waals surface area (Å²) in [6.07, 6.45) is 3.83. The molecule has 0 unspecified atom stereocenters. The van der Waals surface area contributed by atoms with E-state index in [1.165, 1.54) is 0 Å². The predicted octanol–water partition coefficient (Wildman–Crippen LogP) is 0.770. The van der Waals surface area contributed by atoms with Gasteiger partial charge in [-0.25, -0.2) is 4.79 Å². The van der Waals surface area contributed by atoms with Gasteiger partial charge in [-0.05, 0) is 12.8 Å². The minimum Gasteiger partial charge on any atom is -0.472 e. The fraction of sp³-hybridized carbons (Fsp3) is 0.667. The molecule has 0 saturated heterocycles. The van der Waals surface area contributed by atoms with E-state index < -0.39 is 11.6 Å². The van der Waals surface area contributed by atoms with Gasteiger partial charge in [0, 0.05) is 12.3 Å². The molecule has 1 fully saturated rings. The van der Waals surface area contributed by atoms with Crippen molar-refractivity contribution in [1.82, 2.24) is 0 Å². The molecule has 0 aromatic carbocycles. The molecule has 0 heterocycles. The summed E-state index contributed by atoms with van der Waals surface area (Å²) in [6.45, 7) is 0. The average molecular weight is 168 g/mol. The summed E-state index contributed by atoms with van der Waals surface area (Å²) in [5.41, 5.74) is -0.706. The molecule has 1 rings (SSSR count). The molecular weight excluding hydrogens is 156 g/mol. The van der Waals surface area contributed by atoms with Crippen LogP contribution in [0.15, 0.2) is 0 Å². The molecule has 0 aromatic rings. The van der Waals surface area contributed by atoms with Gasteiger partial charge in [0.25, 0.3) is 0 Å². The van der Waals surface area contributed by atoms with Crippen LogP contribution in [0.1, 0.15) is 32.1 Å². The number of aliphatic hydroxyl groups is 1. The Bertz CT molecular complexity index is 228. The van der Waals surface area contributed by atoms with Crippen molar-refractivity contribution in [3.05, 3.63) is 0 Å². The van der Waals surface area contributed by atoms with Gasteiger partial charge in [-0.15, -0.1) is 0 Å². The Labute approximate surface area is 71.4 Å². The van der Waals surface area contributed by atoms with E-state index in [0.717, 1.165) is 25.7 Å². The maximum absolute atomic E-state index is 10.0. The third kappa shape index (κ3) is 2.55. The van der Waals surface area contributed by atoms with Crippen molar-refractivity contribution < 1.29 is 15.0 Å². The molecule has 12 heavy (non-hydrogen) atoms. The molecule has 0 amide bonds. The minimum atomic E-state index is -1.13. The first-order chi connectivity index (χ1) is 5.62. The summed E-state index contributed by atoms with van der Waals surface area (Å²) in [7, 11) is 0. The van der Waals surface area contributed by atoms with E-state index in [1.807, 2.05) is 5.92 Å². The van der Waals surface area contributed by atoms with Crippen LogP contribution in [0.5, 0.6) is 0 Å². The van der Waals surface area contributed by atoms with Crippen LogP contribution in [0.25, 0.3) is 0 Å². The smallest absolute Gasteiger partial charge is 0.381 e. The van der Waals surface area contributed by atoms with Crippen molar-refractivity contribution in [2.24, 2.45) is 0 Å². The van der Waals surface area contributed by atoms with Gasteiger partial charge in [-0.3, -0.25) is 0 Å². The second-order valence-corrected chi connectivity index (χ2v) is 3.22. The Morgan fingerprint density at radius 2 is 2.00 bits per heavy atom. The second-order valence-electron chi connectivity index (χ2n) is 3.22. The number of hydrogen-bond acceptors (Lipinski definition) is 2. The SMILES string of the molecule is O=C(O)C#CCC1(O)CCCC1.